The molecule has 1 saturated carbocycles. The number of rotatable bonds is 3. The van der Waals surface area contributed by atoms with Gasteiger partial charge in [-0.05, 0) is 40.0 Å². The zero-order valence-corrected chi connectivity index (χ0v) is 15.4. The van der Waals surface area contributed by atoms with E-state index in [1.54, 1.807) is 13.8 Å². The highest BCUT2D eigenvalue weighted by Crippen LogP contribution is 2.29. The molecule has 138 valence electrons. The van der Waals surface area contributed by atoms with Crippen molar-refractivity contribution in [2.24, 2.45) is 5.92 Å². The lowest BCUT2D eigenvalue weighted by Gasteiger charge is -2.36. The molecule has 1 aromatic heterocycles. The third-order valence-corrected chi connectivity index (χ3v) is 4.97. The molecule has 2 fully saturated rings. The van der Waals surface area contributed by atoms with E-state index >= 15 is 0 Å². The number of nitrogens with one attached hydrogen (secondary N) is 1. The summed E-state index contributed by atoms with van der Waals surface area (Å²) in [4.78, 5) is 31.2. The highest BCUT2D eigenvalue weighted by molar-refractivity contribution is 5.93. The minimum absolute atomic E-state index is 0.00810. The van der Waals surface area contributed by atoms with Crippen molar-refractivity contribution in [3.63, 3.8) is 0 Å². The highest BCUT2D eigenvalue weighted by Gasteiger charge is 2.36. The maximum absolute atomic E-state index is 12.8. The van der Waals surface area contributed by atoms with Gasteiger partial charge < -0.3 is 19.4 Å². The third-order valence-electron chi connectivity index (χ3n) is 4.97. The summed E-state index contributed by atoms with van der Waals surface area (Å²) in [6.45, 7) is 8.74. The average molecular weight is 349 g/mol. The van der Waals surface area contributed by atoms with Crippen LogP contribution in [0.5, 0.6) is 0 Å². The number of aromatic nitrogens is 1. The van der Waals surface area contributed by atoms with Crippen LogP contribution >= 0.6 is 0 Å². The van der Waals surface area contributed by atoms with Crippen molar-refractivity contribution in [2.75, 3.05) is 13.1 Å². The molecule has 25 heavy (non-hydrogen) atoms. The Morgan fingerprint density at radius 3 is 2.44 bits per heavy atom. The van der Waals surface area contributed by atoms with Gasteiger partial charge in [-0.1, -0.05) is 0 Å². The van der Waals surface area contributed by atoms with E-state index in [1.807, 2.05) is 18.7 Å². The van der Waals surface area contributed by atoms with Gasteiger partial charge in [0.25, 0.3) is 5.91 Å². The third kappa shape index (κ3) is 4.03. The topological polar surface area (TPSA) is 84.7 Å². The Balaban J connectivity index is 1.55. The Labute approximate surface area is 148 Å². The molecule has 0 aromatic carbocycles. The SMILES string of the molecule is Cc1nc(C(=O)N[C@H]2CC[C@@H](C(=O)N3C[C@@H](C)O[C@@H](C)C3)C2)c(C)o1. The average Bonchev–Trinajstić information content (AvgIpc) is 3.11. The lowest BCUT2D eigenvalue weighted by Crippen LogP contribution is -2.50. The van der Waals surface area contributed by atoms with Crippen LogP contribution in [0.2, 0.25) is 0 Å². The summed E-state index contributed by atoms with van der Waals surface area (Å²) in [6, 6.07) is 0.00810. The number of nitrogens with zero attached hydrogens (tertiary/aromatic N) is 2. The molecule has 0 bridgehead atoms. The van der Waals surface area contributed by atoms with E-state index in [9.17, 15) is 9.59 Å². The maximum atomic E-state index is 12.8. The van der Waals surface area contributed by atoms with Crippen LogP contribution in [0.1, 0.15) is 55.2 Å². The number of hydrogen-bond donors (Lipinski definition) is 1. The van der Waals surface area contributed by atoms with E-state index in [0.717, 1.165) is 12.8 Å². The van der Waals surface area contributed by atoms with Crippen molar-refractivity contribution in [2.45, 2.75) is 65.2 Å². The summed E-state index contributed by atoms with van der Waals surface area (Å²) in [5.41, 5.74) is 0.336. The summed E-state index contributed by atoms with van der Waals surface area (Å²) in [6.07, 6.45) is 2.44. The fraction of sp³-hybridized carbons (Fsp3) is 0.722. The zero-order chi connectivity index (χ0) is 18.1. The van der Waals surface area contributed by atoms with Gasteiger partial charge in [-0.2, -0.15) is 0 Å². The predicted octanol–water partition coefficient (Wildman–Crippen LogP) is 1.83. The van der Waals surface area contributed by atoms with Gasteiger partial charge in [-0.3, -0.25) is 9.59 Å². The fourth-order valence-electron chi connectivity index (χ4n) is 3.95. The molecule has 1 aromatic rings. The smallest absolute Gasteiger partial charge is 0.273 e. The van der Waals surface area contributed by atoms with Gasteiger partial charge in [0.2, 0.25) is 5.91 Å². The van der Waals surface area contributed by atoms with Crippen molar-refractivity contribution in [1.29, 1.82) is 0 Å². The van der Waals surface area contributed by atoms with Crippen molar-refractivity contribution >= 4 is 11.8 Å². The van der Waals surface area contributed by atoms with Crippen LogP contribution in [0.15, 0.2) is 4.42 Å². The molecule has 1 aliphatic carbocycles. The van der Waals surface area contributed by atoms with Crippen LogP contribution in [0.25, 0.3) is 0 Å². The van der Waals surface area contributed by atoms with Crippen LogP contribution < -0.4 is 5.32 Å². The minimum atomic E-state index is -0.221. The number of carbonyl (C=O) groups excluding carboxylic acids is 2. The molecule has 1 N–H and O–H groups in total. The number of aryl methyl sites for hydroxylation is 2. The molecule has 2 amide bonds. The van der Waals surface area contributed by atoms with Crippen LogP contribution in [-0.2, 0) is 9.53 Å². The summed E-state index contributed by atoms with van der Waals surface area (Å²) >= 11 is 0. The molecule has 0 spiro atoms. The second-order valence-corrected chi connectivity index (χ2v) is 7.32. The molecular formula is C18H27N3O4. The zero-order valence-electron chi connectivity index (χ0n) is 15.4. The quantitative estimate of drug-likeness (QED) is 0.900. The molecule has 7 nitrogen and oxygen atoms in total. The summed E-state index contributed by atoms with van der Waals surface area (Å²) in [5, 5.41) is 3.00. The molecule has 2 aliphatic rings. The largest absolute Gasteiger partial charge is 0.445 e. The number of oxazole rings is 1. The van der Waals surface area contributed by atoms with Gasteiger partial charge in [0, 0.05) is 32.0 Å². The Morgan fingerprint density at radius 1 is 1.16 bits per heavy atom. The molecule has 4 atom stereocenters. The first kappa shape index (κ1) is 17.9. The van der Waals surface area contributed by atoms with Crippen LogP contribution in [0.4, 0.5) is 0 Å². The predicted molar refractivity (Wildman–Crippen MR) is 91.2 cm³/mol. The van der Waals surface area contributed by atoms with Crippen LogP contribution in [-0.4, -0.2) is 53.0 Å². The van der Waals surface area contributed by atoms with E-state index in [4.69, 9.17) is 9.15 Å². The number of ether oxygens (including phenoxy) is 1. The summed E-state index contributed by atoms with van der Waals surface area (Å²) in [7, 11) is 0. The van der Waals surface area contributed by atoms with Gasteiger partial charge in [-0.15, -0.1) is 0 Å². The van der Waals surface area contributed by atoms with E-state index in [1.165, 1.54) is 0 Å². The van der Waals surface area contributed by atoms with Gasteiger partial charge >= 0.3 is 0 Å². The fourth-order valence-corrected chi connectivity index (χ4v) is 3.95. The molecule has 3 rings (SSSR count). The van der Waals surface area contributed by atoms with Crippen LogP contribution in [0.3, 0.4) is 0 Å². The number of morpholine rings is 1. The lowest BCUT2D eigenvalue weighted by atomic mass is 10.0. The number of carbonyl (C=O) groups is 2. The van der Waals surface area contributed by atoms with Gasteiger partial charge in [0.15, 0.2) is 11.6 Å². The second-order valence-electron chi connectivity index (χ2n) is 7.32. The number of amides is 2. The first-order valence-corrected chi connectivity index (χ1v) is 9.02. The normalized spacial score (nSPS) is 29.7. The van der Waals surface area contributed by atoms with Gasteiger partial charge in [0.05, 0.1) is 12.2 Å². The summed E-state index contributed by atoms with van der Waals surface area (Å²) < 4.78 is 11.0. The van der Waals surface area contributed by atoms with E-state index in [-0.39, 0.29) is 36.0 Å². The van der Waals surface area contributed by atoms with Crippen molar-refractivity contribution in [1.82, 2.24) is 15.2 Å². The van der Waals surface area contributed by atoms with E-state index in [2.05, 4.69) is 10.3 Å². The molecule has 0 unspecified atom stereocenters. The van der Waals surface area contributed by atoms with Gasteiger partial charge in [-0.25, -0.2) is 4.98 Å². The first-order chi connectivity index (χ1) is 11.8. The minimum Gasteiger partial charge on any atom is -0.445 e. The standard InChI is InChI=1S/C18H27N3O4/c1-10-8-21(9-11(2)24-10)18(23)14-5-6-15(7-14)20-17(22)16-12(3)25-13(4)19-16/h10-11,14-15H,5-9H2,1-4H3,(H,20,22)/t10-,11+,14-,15+/m1/s1. The molecule has 0 radical (unpaired) electrons. The van der Waals surface area contributed by atoms with Crippen molar-refractivity contribution in [3.05, 3.63) is 17.3 Å². The Hall–Kier alpha value is -1.89. The van der Waals surface area contributed by atoms with Crippen LogP contribution in [0, 0.1) is 19.8 Å². The van der Waals surface area contributed by atoms with E-state index in [0.29, 0.717) is 36.9 Å². The molecule has 7 heteroatoms. The second kappa shape index (κ2) is 7.15. The molecule has 1 saturated heterocycles. The van der Waals surface area contributed by atoms with Gasteiger partial charge in [0.1, 0.15) is 5.76 Å². The molecular weight excluding hydrogens is 322 g/mol. The van der Waals surface area contributed by atoms with Crippen molar-refractivity contribution in [3.8, 4) is 0 Å². The first-order valence-electron chi connectivity index (χ1n) is 9.02. The highest BCUT2D eigenvalue weighted by atomic mass is 16.5. The molecule has 1 aliphatic heterocycles. The van der Waals surface area contributed by atoms with Crippen molar-refractivity contribution < 1.29 is 18.7 Å². The number of hydrogen-bond acceptors (Lipinski definition) is 5. The maximum Gasteiger partial charge on any atom is 0.273 e. The molecule has 2 heterocycles. The monoisotopic (exact) mass is 349 g/mol. The Morgan fingerprint density at radius 2 is 1.84 bits per heavy atom. The Bertz CT molecular complexity index is 647. The summed E-state index contributed by atoms with van der Waals surface area (Å²) in [5.74, 6) is 0.950. The lowest BCUT2D eigenvalue weighted by molar-refractivity contribution is -0.147. The van der Waals surface area contributed by atoms with E-state index < -0.39 is 0 Å². The Kier molecular flexibility index (Phi) is 5.13.